The van der Waals surface area contributed by atoms with Crippen LogP contribution < -0.4 is 0 Å². The second-order valence-corrected chi connectivity index (χ2v) is 7.21. The van der Waals surface area contributed by atoms with E-state index in [0.29, 0.717) is 24.2 Å². The van der Waals surface area contributed by atoms with Gasteiger partial charge in [-0.05, 0) is 57.3 Å². The molecule has 0 aliphatic heterocycles. The fourth-order valence-electron chi connectivity index (χ4n) is 1.94. The minimum atomic E-state index is -4.50. The van der Waals surface area contributed by atoms with E-state index in [9.17, 15) is 16.8 Å². The van der Waals surface area contributed by atoms with Gasteiger partial charge in [0.25, 0.3) is 0 Å². The lowest BCUT2D eigenvalue weighted by molar-refractivity contribution is 0.480. The van der Waals surface area contributed by atoms with Crippen molar-refractivity contribution in [3.8, 4) is 0 Å². The van der Waals surface area contributed by atoms with Crippen LogP contribution in [-0.2, 0) is 33.4 Å². The molecule has 0 saturated carbocycles. The molecule has 0 aliphatic carbocycles. The van der Waals surface area contributed by atoms with Crippen LogP contribution in [0, 0.1) is 0 Å². The van der Waals surface area contributed by atoms with E-state index in [4.69, 9.17) is 9.11 Å². The molecule has 0 unspecified atom stereocenters. The lowest BCUT2D eigenvalue weighted by Gasteiger charge is -2.03. The van der Waals surface area contributed by atoms with Crippen LogP contribution in [-0.4, -0.2) is 25.9 Å². The number of hydrogen-bond acceptors (Lipinski definition) is 6. The Morgan fingerprint density at radius 2 is 0.923 bits per heavy atom. The lowest BCUT2D eigenvalue weighted by Crippen LogP contribution is -1.91. The maximum Gasteiger partial charge on any atom is 0.396 e. The van der Waals surface area contributed by atoms with Crippen LogP contribution in [0.3, 0.4) is 0 Å². The minimum Gasteiger partial charge on any atom is -0.267 e. The van der Waals surface area contributed by atoms with E-state index in [1.54, 1.807) is 48.5 Å². The zero-order valence-corrected chi connectivity index (χ0v) is 14.8. The summed E-state index contributed by atoms with van der Waals surface area (Å²) in [6.45, 7) is 0. The third-order valence-corrected chi connectivity index (χ3v) is 3.67. The Bertz CT molecular complexity index is 929. The average Bonchev–Trinajstić information content (AvgIpc) is 2.57. The number of aryl methyl sites for hydroxylation is 2. The fourth-order valence-corrected chi connectivity index (χ4v) is 2.34. The van der Waals surface area contributed by atoms with Gasteiger partial charge in [0, 0.05) is 0 Å². The van der Waals surface area contributed by atoms with E-state index in [1.165, 1.54) is 0 Å². The van der Waals surface area contributed by atoms with Gasteiger partial charge >= 0.3 is 20.6 Å². The summed E-state index contributed by atoms with van der Waals surface area (Å²) < 4.78 is 64.5. The molecule has 138 valence electrons. The van der Waals surface area contributed by atoms with Crippen LogP contribution in [0.4, 0.5) is 11.4 Å². The van der Waals surface area contributed by atoms with E-state index < -0.39 is 20.6 Å². The molecule has 0 amide bonds. The molecule has 0 fully saturated rings. The smallest absolute Gasteiger partial charge is 0.267 e. The number of nitrogens with zero attached hydrogens (tertiary/aromatic N) is 4. The summed E-state index contributed by atoms with van der Waals surface area (Å²) in [5.74, 6) is 0. The van der Waals surface area contributed by atoms with E-state index in [1.807, 2.05) is 0 Å². The second-order valence-electron chi connectivity index (χ2n) is 5.09. The Hall–Kier alpha value is -2.54. The lowest BCUT2D eigenvalue weighted by atomic mass is 10.0. The van der Waals surface area contributed by atoms with Crippen LogP contribution in [0.25, 0.3) is 0 Å². The van der Waals surface area contributed by atoms with Gasteiger partial charge in [0.05, 0.1) is 11.4 Å². The molecule has 2 aromatic rings. The van der Waals surface area contributed by atoms with Crippen molar-refractivity contribution in [2.45, 2.75) is 12.8 Å². The highest BCUT2D eigenvalue weighted by Gasteiger charge is 2.01. The highest BCUT2D eigenvalue weighted by molar-refractivity contribution is 7.84. The molecule has 0 atom stereocenters. The van der Waals surface area contributed by atoms with E-state index >= 15 is 0 Å². The van der Waals surface area contributed by atoms with Gasteiger partial charge in [-0.15, -0.1) is 10.2 Å². The van der Waals surface area contributed by atoms with Crippen LogP contribution in [0.5, 0.6) is 0 Å². The summed E-state index contributed by atoms with van der Waals surface area (Å²) in [4.78, 5) is 0. The van der Waals surface area contributed by atoms with Gasteiger partial charge in [0.2, 0.25) is 0 Å². The summed E-state index contributed by atoms with van der Waals surface area (Å²) in [6, 6.07) is 13.3. The monoisotopic (exact) mass is 398 g/mol. The molecule has 2 aromatic carbocycles. The summed E-state index contributed by atoms with van der Waals surface area (Å²) in [6.07, 6.45) is 1.39. The fraction of sp³-hybridized carbons (Fsp3) is 0.143. The Labute approximate surface area is 150 Å². The normalized spacial score (nSPS) is 12.8. The van der Waals surface area contributed by atoms with Crippen molar-refractivity contribution >= 4 is 32.0 Å². The van der Waals surface area contributed by atoms with E-state index in [0.717, 1.165) is 11.1 Å². The number of hydrogen-bond donors (Lipinski definition) is 2. The first-order valence-corrected chi connectivity index (χ1v) is 9.89. The zero-order chi connectivity index (χ0) is 19.2. The van der Waals surface area contributed by atoms with Crippen molar-refractivity contribution in [2.24, 2.45) is 19.3 Å². The summed E-state index contributed by atoms with van der Waals surface area (Å²) >= 11 is 0. The van der Waals surface area contributed by atoms with Gasteiger partial charge in [0.15, 0.2) is 0 Å². The van der Waals surface area contributed by atoms with Gasteiger partial charge in [-0.25, -0.2) is 0 Å². The molecule has 10 nitrogen and oxygen atoms in total. The molecule has 0 aromatic heterocycles. The Morgan fingerprint density at radius 3 is 1.19 bits per heavy atom. The minimum absolute atomic E-state index is 0.292. The van der Waals surface area contributed by atoms with E-state index in [2.05, 4.69) is 19.3 Å². The predicted molar refractivity (Wildman–Crippen MR) is 92.4 cm³/mol. The van der Waals surface area contributed by atoms with Gasteiger partial charge in [-0.1, -0.05) is 24.3 Å². The molecule has 0 heterocycles. The molecule has 2 rings (SSSR count). The summed E-state index contributed by atoms with van der Waals surface area (Å²) in [7, 11) is -9.00. The van der Waals surface area contributed by atoms with Crippen molar-refractivity contribution in [2.75, 3.05) is 0 Å². The van der Waals surface area contributed by atoms with Gasteiger partial charge in [-0.2, -0.15) is 16.8 Å². The topological polar surface area (TPSA) is 158 Å². The Kier molecular flexibility index (Phi) is 6.26. The van der Waals surface area contributed by atoms with Crippen molar-refractivity contribution in [1.82, 2.24) is 0 Å². The largest absolute Gasteiger partial charge is 0.396 e. The van der Waals surface area contributed by atoms with Crippen molar-refractivity contribution in [1.29, 1.82) is 0 Å². The zero-order valence-electron chi connectivity index (χ0n) is 13.2. The molecule has 0 spiro atoms. The third-order valence-electron chi connectivity index (χ3n) is 3.09. The van der Waals surface area contributed by atoms with Gasteiger partial charge in [0.1, 0.15) is 0 Å². The maximum atomic E-state index is 10.5. The number of rotatable bonds is 7. The SMILES string of the molecule is O=S(=O)(O)N=Nc1ccc(CCc2ccc(N=NS(=O)(=O)O)cc2)cc1. The Balaban J connectivity index is 1.94. The van der Waals surface area contributed by atoms with Crippen LogP contribution in [0.15, 0.2) is 67.8 Å². The molecule has 26 heavy (non-hydrogen) atoms. The molecule has 0 bridgehead atoms. The molecule has 0 saturated heterocycles. The molecule has 0 aliphatic rings. The summed E-state index contributed by atoms with van der Waals surface area (Å²) in [5.41, 5.74) is 2.54. The molecular formula is C14H14N4O6S2. The molecular weight excluding hydrogens is 384 g/mol. The van der Waals surface area contributed by atoms with Crippen LogP contribution >= 0.6 is 0 Å². The Morgan fingerprint density at radius 1 is 0.615 bits per heavy atom. The third kappa shape index (κ3) is 7.57. The predicted octanol–water partition coefficient (Wildman–Crippen LogP) is 3.24. The van der Waals surface area contributed by atoms with Crippen molar-refractivity contribution in [3.63, 3.8) is 0 Å². The number of benzene rings is 2. The first kappa shape index (κ1) is 19.8. The van der Waals surface area contributed by atoms with Crippen LogP contribution in [0.2, 0.25) is 0 Å². The highest BCUT2D eigenvalue weighted by Crippen LogP contribution is 2.18. The quantitative estimate of drug-likeness (QED) is 0.538. The molecule has 0 radical (unpaired) electrons. The van der Waals surface area contributed by atoms with Gasteiger partial charge in [-0.3, -0.25) is 9.11 Å². The van der Waals surface area contributed by atoms with E-state index in [-0.39, 0.29) is 0 Å². The second kappa shape index (κ2) is 8.23. The maximum absolute atomic E-state index is 10.5. The standard InChI is InChI=1S/C14H14N4O6S2/c19-25(20,21)17-15-13-7-3-11(4-8-13)1-2-12-5-9-14(10-6-12)16-18-26(22,23)24/h3-10H,1-2H2,(H,19,20,21)(H,22,23,24). The van der Waals surface area contributed by atoms with Crippen molar-refractivity contribution < 1.29 is 25.9 Å². The first-order chi connectivity index (χ1) is 12.1. The van der Waals surface area contributed by atoms with Gasteiger partial charge < -0.3 is 0 Å². The molecule has 12 heteroatoms. The molecule has 2 N–H and O–H groups in total. The highest BCUT2D eigenvalue weighted by atomic mass is 32.2. The first-order valence-electron chi connectivity index (χ1n) is 7.09. The van der Waals surface area contributed by atoms with Crippen molar-refractivity contribution in [3.05, 3.63) is 59.7 Å². The van der Waals surface area contributed by atoms with Crippen LogP contribution in [0.1, 0.15) is 11.1 Å². The summed E-state index contributed by atoms with van der Waals surface area (Å²) in [5, 5.41) is 6.78. The average molecular weight is 398 g/mol.